The van der Waals surface area contributed by atoms with Gasteiger partial charge in [-0.2, -0.15) is 4.31 Å². The predicted octanol–water partition coefficient (Wildman–Crippen LogP) is 3.86. The lowest BCUT2D eigenvalue weighted by atomic mass is 10.1. The smallest absolute Gasteiger partial charge is 0.258 e. The molecule has 0 fully saturated rings. The van der Waals surface area contributed by atoms with Crippen LogP contribution in [-0.4, -0.2) is 58.4 Å². The minimum atomic E-state index is -3.89. The minimum absolute atomic E-state index is 0.0824. The molecule has 1 aliphatic rings. The van der Waals surface area contributed by atoms with E-state index in [9.17, 15) is 18.0 Å². The van der Waals surface area contributed by atoms with Crippen molar-refractivity contribution in [3.05, 3.63) is 77.4 Å². The fourth-order valence-corrected chi connectivity index (χ4v) is 5.54. The predicted molar refractivity (Wildman–Crippen MR) is 146 cm³/mol. The molecule has 3 aromatic carbocycles. The monoisotopic (exact) mass is 537 g/mol. The van der Waals surface area contributed by atoms with E-state index < -0.39 is 15.9 Å². The third-order valence-corrected chi connectivity index (χ3v) is 8.17. The van der Waals surface area contributed by atoms with Crippen molar-refractivity contribution in [3.63, 3.8) is 0 Å². The van der Waals surface area contributed by atoms with Crippen LogP contribution >= 0.6 is 0 Å². The zero-order chi connectivity index (χ0) is 27.4. The third kappa shape index (κ3) is 5.66. The summed E-state index contributed by atoms with van der Waals surface area (Å²) in [6, 6.07) is 16.9. The van der Waals surface area contributed by atoms with Gasteiger partial charge < -0.3 is 19.7 Å². The van der Waals surface area contributed by atoms with E-state index in [0.29, 0.717) is 47.9 Å². The normalized spacial score (nSPS) is 12.8. The first kappa shape index (κ1) is 27.2. The van der Waals surface area contributed by atoms with Crippen LogP contribution in [0.4, 0.5) is 11.4 Å². The summed E-state index contributed by atoms with van der Waals surface area (Å²) in [5.41, 5.74) is 3.41. The molecule has 1 heterocycles. The van der Waals surface area contributed by atoms with Gasteiger partial charge in [-0.05, 0) is 86.0 Å². The van der Waals surface area contributed by atoms with E-state index in [1.165, 1.54) is 19.2 Å². The van der Waals surface area contributed by atoms with Crippen LogP contribution in [0.3, 0.4) is 0 Å². The summed E-state index contributed by atoms with van der Waals surface area (Å²) >= 11 is 0. The molecule has 0 bridgehead atoms. The van der Waals surface area contributed by atoms with Crippen LogP contribution in [0.1, 0.15) is 28.4 Å². The van der Waals surface area contributed by atoms with Crippen LogP contribution in [0.15, 0.2) is 65.6 Å². The number of carbonyl (C=O) groups excluding carboxylic acids is 2. The quantitative estimate of drug-likeness (QED) is 0.444. The topological polar surface area (TPSA) is 105 Å². The highest BCUT2D eigenvalue weighted by Gasteiger charge is 2.27. The Balaban J connectivity index is 1.45. The van der Waals surface area contributed by atoms with Gasteiger partial charge in [-0.25, -0.2) is 8.42 Å². The molecule has 0 aliphatic carbocycles. The number of sulfonamides is 1. The number of hydrogen-bond donors (Lipinski definition) is 1. The molecule has 1 N–H and O–H groups in total. The van der Waals surface area contributed by atoms with Gasteiger partial charge in [0.15, 0.2) is 0 Å². The summed E-state index contributed by atoms with van der Waals surface area (Å²) in [6.45, 7) is 4.25. The zero-order valence-corrected chi connectivity index (χ0v) is 22.7. The average molecular weight is 538 g/mol. The molecular formula is C28H31N3O6S. The van der Waals surface area contributed by atoms with Crippen molar-refractivity contribution in [2.75, 3.05) is 44.1 Å². The van der Waals surface area contributed by atoms with Gasteiger partial charge in [0, 0.05) is 30.5 Å². The van der Waals surface area contributed by atoms with Gasteiger partial charge in [-0.15, -0.1) is 0 Å². The molecular weight excluding hydrogens is 506 g/mol. The summed E-state index contributed by atoms with van der Waals surface area (Å²) < 4.78 is 37.7. The molecule has 0 unspecified atom stereocenters. The SMILES string of the molecule is CCOc1ccc(S(=O)(=O)N(C)CC(=O)Nc2ccc3c(c2)N(C(=O)c2ccc(OC)cc2)CC3)cc1C. The molecule has 3 aromatic rings. The summed E-state index contributed by atoms with van der Waals surface area (Å²) in [5, 5.41) is 2.76. The maximum absolute atomic E-state index is 13.1. The Morgan fingerprint density at radius 1 is 1.05 bits per heavy atom. The Kier molecular flexibility index (Phi) is 8.03. The molecule has 0 saturated heterocycles. The average Bonchev–Trinajstić information content (AvgIpc) is 3.32. The van der Waals surface area contributed by atoms with Crippen molar-refractivity contribution in [3.8, 4) is 11.5 Å². The highest BCUT2D eigenvalue weighted by atomic mass is 32.2. The van der Waals surface area contributed by atoms with E-state index in [-0.39, 0.29) is 17.3 Å². The van der Waals surface area contributed by atoms with Crippen LogP contribution in [-0.2, 0) is 21.2 Å². The Bertz CT molecular complexity index is 1450. The number of nitrogens with one attached hydrogen (secondary N) is 1. The number of hydrogen-bond acceptors (Lipinski definition) is 6. The van der Waals surface area contributed by atoms with Crippen molar-refractivity contribution < 1.29 is 27.5 Å². The largest absolute Gasteiger partial charge is 0.497 e. The Morgan fingerprint density at radius 3 is 2.45 bits per heavy atom. The second-order valence-electron chi connectivity index (χ2n) is 8.95. The van der Waals surface area contributed by atoms with Crippen molar-refractivity contribution in [2.24, 2.45) is 0 Å². The van der Waals surface area contributed by atoms with Crippen molar-refractivity contribution in [1.82, 2.24) is 4.31 Å². The molecule has 9 nitrogen and oxygen atoms in total. The Labute approximate surface area is 223 Å². The fraction of sp³-hybridized carbons (Fsp3) is 0.286. The van der Waals surface area contributed by atoms with Gasteiger partial charge in [0.25, 0.3) is 5.91 Å². The standard InChI is InChI=1S/C28H31N3O6S/c1-5-37-26-13-12-24(16-19(26)2)38(34,35)30(3)18-27(32)29-22-9-6-20-14-15-31(25(20)17-22)28(33)21-7-10-23(36-4)11-8-21/h6-13,16-17H,5,14-15,18H2,1-4H3,(H,29,32). The number of likely N-dealkylation sites (N-methyl/N-ethyl adjacent to an activating group) is 1. The fourth-order valence-electron chi connectivity index (χ4n) is 4.32. The van der Waals surface area contributed by atoms with Gasteiger partial charge in [-0.3, -0.25) is 9.59 Å². The molecule has 4 rings (SSSR count). The molecule has 2 amide bonds. The minimum Gasteiger partial charge on any atom is -0.497 e. The maximum atomic E-state index is 13.1. The van der Waals surface area contributed by atoms with Crippen LogP contribution in [0, 0.1) is 6.92 Å². The summed E-state index contributed by atoms with van der Waals surface area (Å²) in [4.78, 5) is 27.7. The van der Waals surface area contributed by atoms with Crippen LogP contribution in [0.2, 0.25) is 0 Å². The first-order valence-corrected chi connectivity index (χ1v) is 13.7. The third-order valence-electron chi connectivity index (χ3n) is 6.37. The number of ether oxygens (including phenoxy) is 2. The number of aryl methyl sites for hydroxylation is 1. The zero-order valence-electron chi connectivity index (χ0n) is 21.9. The van der Waals surface area contributed by atoms with Gasteiger partial charge >= 0.3 is 0 Å². The van der Waals surface area contributed by atoms with Crippen LogP contribution in [0.5, 0.6) is 11.5 Å². The number of methoxy groups -OCH3 is 1. The second-order valence-corrected chi connectivity index (χ2v) is 11.0. The Morgan fingerprint density at radius 2 is 1.79 bits per heavy atom. The lowest BCUT2D eigenvalue weighted by Gasteiger charge is -2.20. The summed E-state index contributed by atoms with van der Waals surface area (Å²) in [6.07, 6.45) is 0.702. The first-order valence-electron chi connectivity index (χ1n) is 12.2. The number of carbonyl (C=O) groups is 2. The number of anilines is 2. The van der Waals surface area contributed by atoms with Gasteiger partial charge in [0.2, 0.25) is 15.9 Å². The lowest BCUT2D eigenvalue weighted by molar-refractivity contribution is -0.116. The molecule has 200 valence electrons. The number of fused-ring (bicyclic) bond motifs is 1. The molecule has 1 aliphatic heterocycles. The molecule has 38 heavy (non-hydrogen) atoms. The molecule has 0 aromatic heterocycles. The van der Waals surface area contributed by atoms with Gasteiger partial charge in [0.05, 0.1) is 25.2 Å². The Hall–Kier alpha value is -3.89. The van der Waals surface area contributed by atoms with Crippen LogP contribution < -0.4 is 19.7 Å². The van der Waals surface area contributed by atoms with E-state index in [2.05, 4.69) is 5.32 Å². The summed E-state index contributed by atoms with van der Waals surface area (Å²) in [5.74, 6) is 0.636. The highest BCUT2D eigenvalue weighted by molar-refractivity contribution is 7.89. The van der Waals surface area contributed by atoms with E-state index in [4.69, 9.17) is 9.47 Å². The number of nitrogens with zero attached hydrogens (tertiary/aromatic N) is 2. The van der Waals surface area contributed by atoms with E-state index in [1.807, 2.05) is 13.0 Å². The molecule has 0 radical (unpaired) electrons. The van der Waals surface area contributed by atoms with Crippen molar-refractivity contribution >= 4 is 33.2 Å². The maximum Gasteiger partial charge on any atom is 0.258 e. The highest BCUT2D eigenvalue weighted by Crippen LogP contribution is 2.32. The molecule has 10 heteroatoms. The number of rotatable bonds is 9. The first-order chi connectivity index (χ1) is 18.1. The second kappa shape index (κ2) is 11.2. The number of benzene rings is 3. The van der Waals surface area contributed by atoms with E-state index >= 15 is 0 Å². The lowest BCUT2D eigenvalue weighted by Crippen LogP contribution is -2.35. The molecule has 0 saturated carbocycles. The van der Waals surface area contributed by atoms with Crippen LogP contribution in [0.25, 0.3) is 0 Å². The van der Waals surface area contributed by atoms with Crippen molar-refractivity contribution in [1.29, 1.82) is 0 Å². The number of amides is 2. The van der Waals surface area contributed by atoms with Gasteiger partial charge in [-0.1, -0.05) is 6.07 Å². The molecule has 0 atom stereocenters. The van der Waals surface area contributed by atoms with E-state index in [0.717, 1.165) is 15.6 Å². The van der Waals surface area contributed by atoms with Gasteiger partial charge in [0.1, 0.15) is 11.5 Å². The van der Waals surface area contributed by atoms with E-state index in [1.54, 1.807) is 61.4 Å². The van der Waals surface area contributed by atoms with Crippen molar-refractivity contribution in [2.45, 2.75) is 25.2 Å². The summed E-state index contributed by atoms with van der Waals surface area (Å²) in [7, 11) is -0.964. The molecule has 0 spiro atoms.